The fraction of sp³-hybridized carbons (Fsp3) is 0.200. The maximum atomic E-state index is 5.64. The molecule has 1 aromatic heterocycles. The van der Waals surface area contributed by atoms with Crippen LogP contribution >= 0.6 is 15.9 Å². The Morgan fingerprint density at radius 1 is 1.04 bits per heavy atom. The van der Waals surface area contributed by atoms with Gasteiger partial charge in [0.1, 0.15) is 17.9 Å². The molecule has 0 aliphatic heterocycles. The molecule has 1 heterocycles. The van der Waals surface area contributed by atoms with Crippen molar-refractivity contribution in [2.45, 2.75) is 19.8 Å². The van der Waals surface area contributed by atoms with Crippen molar-refractivity contribution in [2.24, 2.45) is 0 Å². The molecule has 1 aliphatic rings. The molecule has 0 saturated heterocycles. The topological polar surface area (TPSA) is 59.1 Å². The molecule has 3 aromatic rings. The highest BCUT2D eigenvalue weighted by Crippen LogP contribution is 2.32. The summed E-state index contributed by atoms with van der Waals surface area (Å²) in [7, 11) is 0. The number of hydrogen-bond donors (Lipinski definition) is 2. The highest BCUT2D eigenvalue weighted by Gasteiger charge is 2.18. The maximum absolute atomic E-state index is 5.64. The second-order valence-corrected chi connectivity index (χ2v) is 6.96. The molecule has 1 aliphatic carbocycles. The molecular formula is C20H19BrN4O. The molecule has 0 radical (unpaired) electrons. The Bertz CT molecular complexity index is 986. The van der Waals surface area contributed by atoms with Gasteiger partial charge in [0.25, 0.3) is 0 Å². The fourth-order valence-corrected chi connectivity index (χ4v) is 3.33. The number of fused-ring (bicyclic) bond motifs is 1. The first-order valence-corrected chi connectivity index (χ1v) is 9.41. The van der Waals surface area contributed by atoms with Crippen molar-refractivity contribution in [3.05, 3.63) is 64.7 Å². The number of aromatic nitrogens is 2. The molecule has 0 spiro atoms. The van der Waals surface area contributed by atoms with Gasteiger partial charge in [-0.3, -0.25) is 0 Å². The average molecular weight is 411 g/mol. The molecule has 2 N–H and O–H groups in total. The van der Waals surface area contributed by atoms with Crippen LogP contribution in [-0.2, 0) is 4.74 Å². The van der Waals surface area contributed by atoms with Crippen LogP contribution in [0, 0.1) is 0 Å². The van der Waals surface area contributed by atoms with Gasteiger partial charge in [-0.05, 0) is 49.7 Å². The minimum Gasteiger partial charge on any atom is -0.496 e. The van der Waals surface area contributed by atoms with Gasteiger partial charge >= 0.3 is 0 Å². The van der Waals surface area contributed by atoms with E-state index < -0.39 is 0 Å². The summed E-state index contributed by atoms with van der Waals surface area (Å²) in [6.45, 7) is 2.71. The van der Waals surface area contributed by atoms with E-state index in [1.54, 1.807) is 6.33 Å². The van der Waals surface area contributed by atoms with Gasteiger partial charge < -0.3 is 15.4 Å². The fourth-order valence-electron chi connectivity index (χ4n) is 2.93. The predicted octanol–water partition coefficient (Wildman–Crippen LogP) is 5.59. The van der Waals surface area contributed by atoms with Crippen molar-refractivity contribution >= 4 is 44.0 Å². The zero-order chi connectivity index (χ0) is 17.9. The Morgan fingerprint density at radius 3 is 2.69 bits per heavy atom. The van der Waals surface area contributed by atoms with Gasteiger partial charge in [0.05, 0.1) is 17.8 Å². The summed E-state index contributed by atoms with van der Waals surface area (Å²) >= 11 is 3.50. The van der Waals surface area contributed by atoms with Crippen LogP contribution < -0.4 is 10.6 Å². The van der Waals surface area contributed by atoms with E-state index in [4.69, 9.17) is 4.74 Å². The summed E-state index contributed by atoms with van der Waals surface area (Å²) in [5, 5.41) is 7.82. The lowest BCUT2D eigenvalue weighted by Crippen LogP contribution is -2.14. The molecule has 0 bridgehead atoms. The molecule has 0 atom stereocenters. The Hall–Kier alpha value is -2.60. The lowest BCUT2D eigenvalue weighted by atomic mass is 10.0. The lowest BCUT2D eigenvalue weighted by molar-refractivity contribution is 0.199. The third kappa shape index (κ3) is 3.51. The van der Waals surface area contributed by atoms with Gasteiger partial charge in [0, 0.05) is 27.7 Å². The molecule has 5 nitrogen and oxygen atoms in total. The van der Waals surface area contributed by atoms with E-state index in [-0.39, 0.29) is 0 Å². The van der Waals surface area contributed by atoms with Crippen LogP contribution in [-0.4, -0.2) is 16.6 Å². The van der Waals surface area contributed by atoms with Crippen LogP contribution in [0.2, 0.25) is 0 Å². The van der Waals surface area contributed by atoms with Crippen LogP contribution in [0.15, 0.2) is 64.7 Å². The third-order valence-corrected chi connectivity index (χ3v) is 4.77. The predicted molar refractivity (Wildman–Crippen MR) is 108 cm³/mol. The highest BCUT2D eigenvalue weighted by atomic mass is 79.9. The zero-order valence-electron chi connectivity index (χ0n) is 14.4. The van der Waals surface area contributed by atoms with Crippen LogP contribution in [0.25, 0.3) is 10.9 Å². The number of rotatable bonds is 6. The van der Waals surface area contributed by atoms with Crippen LogP contribution in [0.3, 0.4) is 0 Å². The highest BCUT2D eigenvalue weighted by molar-refractivity contribution is 9.10. The second-order valence-electron chi connectivity index (χ2n) is 6.05. The van der Waals surface area contributed by atoms with E-state index in [1.807, 2.05) is 43.3 Å². The number of anilines is 3. The molecule has 132 valence electrons. The van der Waals surface area contributed by atoms with Crippen molar-refractivity contribution in [3.8, 4) is 0 Å². The summed E-state index contributed by atoms with van der Waals surface area (Å²) in [4.78, 5) is 8.80. The van der Waals surface area contributed by atoms with Crippen molar-refractivity contribution in [2.75, 3.05) is 17.2 Å². The first kappa shape index (κ1) is 16.8. The number of hydrogen-bond acceptors (Lipinski definition) is 5. The number of benzene rings is 2. The maximum Gasteiger partial charge on any atom is 0.141 e. The first-order valence-electron chi connectivity index (χ1n) is 8.62. The molecule has 0 unspecified atom stereocenters. The molecule has 26 heavy (non-hydrogen) atoms. The van der Waals surface area contributed by atoms with E-state index in [9.17, 15) is 0 Å². The van der Waals surface area contributed by atoms with Gasteiger partial charge in [0.2, 0.25) is 0 Å². The van der Waals surface area contributed by atoms with Gasteiger partial charge in [-0.15, -0.1) is 0 Å². The average Bonchev–Trinajstić information content (AvgIpc) is 2.64. The van der Waals surface area contributed by atoms with Gasteiger partial charge in [0.15, 0.2) is 0 Å². The molecule has 2 aromatic carbocycles. The number of ether oxygens (including phenoxy) is 1. The van der Waals surface area contributed by atoms with Crippen LogP contribution in [0.1, 0.15) is 19.8 Å². The lowest BCUT2D eigenvalue weighted by Gasteiger charge is -2.24. The molecule has 4 rings (SSSR count). The molecule has 0 fully saturated rings. The largest absolute Gasteiger partial charge is 0.496 e. The smallest absolute Gasteiger partial charge is 0.141 e. The Labute approximate surface area is 160 Å². The first-order chi connectivity index (χ1) is 12.7. The minimum absolute atomic E-state index is 0.701. The molecule has 6 heteroatoms. The van der Waals surface area contributed by atoms with E-state index in [0.717, 1.165) is 56.9 Å². The van der Waals surface area contributed by atoms with E-state index >= 15 is 0 Å². The summed E-state index contributed by atoms with van der Waals surface area (Å²) < 4.78 is 6.66. The van der Waals surface area contributed by atoms with Crippen molar-refractivity contribution < 1.29 is 4.74 Å². The van der Waals surface area contributed by atoms with Gasteiger partial charge in [-0.1, -0.05) is 22.0 Å². The Kier molecular flexibility index (Phi) is 4.75. The summed E-state index contributed by atoms with van der Waals surface area (Å²) in [5.74, 6) is 1.84. The molecular weight excluding hydrogens is 392 g/mol. The summed E-state index contributed by atoms with van der Waals surface area (Å²) in [6.07, 6.45) is 3.60. The standard InChI is InChI=1S/C20H19BrN4O/c1-2-26-19-9-8-18(19)24-15-6-7-17-16(11-15)20(23-12-22-17)25-14-5-3-4-13(21)10-14/h3-7,10-12,24H,2,8-9H2,1H3,(H,22,23,25). The molecule has 0 saturated carbocycles. The van der Waals surface area contributed by atoms with Crippen molar-refractivity contribution in [1.29, 1.82) is 0 Å². The van der Waals surface area contributed by atoms with Crippen LogP contribution in [0.4, 0.5) is 17.2 Å². The Balaban J connectivity index is 1.65. The third-order valence-electron chi connectivity index (χ3n) is 4.28. The SMILES string of the molecule is CCOC1=C(Nc2ccc3ncnc(Nc4cccc(Br)c4)c3c2)CC1. The summed E-state index contributed by atoms with van der Waals surface area (Å²) in [6, 6.07) is 14.1. The van der Waals surface area contributed by atoms with E-state index in [1.165, 1.54) is 0 Å². The number of halogens is 1. The zero-order valence-corrected chi connectivity index (χ0v) is 16.0. The monoisotopic (exact) mass is 410 g/mol. The number of nitrogens with one attached hydrogen (secondary N) is 2. The Morgan fingerprint density at radius 2 is 1.92 bits per heavy atom. The van der Waals surface area contributed by atoms with Gasteiger partial charge in [-0.2, -0.15) is 0 Å². The van der Waals surface area contributed by atoms with Crippen LogP contribution in [0.5, 0.6) is 0 Å². The molecule has 0 amide bonds. The quantitative estimate of drug-likeness (QED) is 0.554. The second kappa shape index (κ2) is 7.33. The number of allylic oxidation sites excluding steroid dienone is 2. The normalized spacial score (nSPS) is 13.5. The van der Waals surface area contributed by atoms with E-state index in [2.05, 4.69) is 42.6 Å². The van der Waals surface area contributed by atoms with Gasteiger partial charge in [-0.25, -0.2) is 9.97 Å². The number of nitrogens with zero attached hydrogens (tertiary/aromatic N) is 2. The van der Waals surface area contributed by atoms with Crippen molar-refractivity contribution in [1.82, 2.24) is 9.97 Å². The minimum atomic E-state index is 0.701. The summed E-state index contributed by atoms with van der Waals surface area (Å²) in [5.41, 5.74) is 4.04. The van der Waals surface area contributed by atoms with E-state index in [0.29, 0.717) is 6.61 Å². The van der Waals surface area contributed by atoms with Crippen molar-refractivity contribution in [3.63, 3.8) is 0 Å².